The lowest BCUT2D eigenvalue weighted by atomic mass is 10.0. The number of ether oxygens (including phenoxy) is 1. The van der Waals surface area contributed by atoms with Crippen LogP contribution < -0.4 is 14.4 Å². The molecule has 0 aromatic heterocycles. The molecule has 4 rings (SSSR count). The molecule has 1 aliphatic carbocycles. The number of nitrogens with zero attached hydrogens (tertiary/aromatic N) is 2. The zero-order valence-electron chi connectivity index (χ0n) is 24.3. The number of amides is 2. The topological polar surface area (TPSA) is 96.0 Å². The van der Waals surface area contributed by atoms with Gasteiger partial charge in [-0.1, -0.05) is 73.0 Å². The van der Waals surface area contributed by atoms with Crippen LogP contribution in [0.2, 0.25) is 5.02 Å². The molecule has 1 atom stereocenters. The Morgan fingerprint density at radius 1 is 1.00 bits per heavy atom. The monoisotopic (exact) mass is 611 g/mol. The lowest BCUT2D eigenvalue weighted by Crippen LogP contribution is -2.54. The number of aryl methyl sites for hydroxylation is 1. The first-order valence-electron chi connectivity index (χ1n) is 14.1. The van der Waals surface area contributed by atoms with Gasteiger partial charge in [-0.3, -0.25) is 13.9 Å². The Hall–Kier alpha value is -3.56. The molecule has 42 heavy (non-hydrogen) atoms. The molecule has 10 heteroatoms. The summed E-state index contributed by atoms with van der Waals surface area (Å²) in [5, 5.41) is 3.71. The van der Waals surface area contributed by atoms with Gasteiger partial charge in [0.25, 0.3) is 0 Å². The van der Waals surface area contributed by atoms with Crippen molar-refractivity contribution in [3.05, 3.63) is 94.5 Å². The number of nitrogens with one attached hydrogen (secondary N) is 1. The lowest BCUT2D eigenvalue weighted by molar-refractivity contribution is -0.140. The number of benzene rings is 3. The second-order valence-electron chi connectivity index (χ2n) is 10.8. The molecule has 0 radical (unpaired) electrons. The second kappa shape index (κ2) is 14.1. The molecule has 0 heterocycles. The van der Waals surface area contributed by atoms with Crippen molar-refractivity contribution in [3.8, 4) is 5.75 Å². The molecule has 0 aliphatic heterocycles. The fraction of sp³-hybridized carbons (Fsp3) is 0.375. The van der Waals surface area contributed by atoms with Crippen LogP contribution >= 0.6 is 11.6 Å². The third kappa shape index (κ3) is 8.26. The van der Waals surface area contributed by atoms with Crippen LogP contribution in [0.5, 0.6) is 5.75 Å². The van der Waals surface area contributed by atoms with E-state index in [9.17, 15) is 18.0 Å². The molecule has 3 aromatic carbocycles. The van der Waals surface area contributed by atoms with E-state index < -0.39 is 28.5 Å². The summed E-state index contributed by atoms with van der Waals surface area (Å²) in [6.07, 6.45) is 5.20. The van der Waals surface area contributed by atoms with E-state index in [1.54, 1.807) is 42.5 Å². The van der Waals surface area contributed by atoms with Crippen LogP contribution in [0.3, 0.4) is 0 Å². The molecule has 0 spiro atoms. The summed E-state index contributed by atoms with van der Waals surface area (Å²) in [6.45, 7) is 1.42. The molecule has 0 saturated heterocycles. The van der Waals surface area contributed by atoms with E-state index in [2.05, 4.69) is 5.32 Å². The van der Waals surface area contributed by atoms with Crippen molar-refractivity contribution < 1.29 is 22.7 Å². The Morgan fingerprint density at radius 2 is 1.67 bits per heavy atom. The van der Waals surface area contributed by atoms with Crippen LogP contribution in [0, 0.1) is 6.92 Å². The zero-order chi connectivity index (χ0) is 30.3. The van der Waals surface area contributed by atoms with Crippen LogP contribution in [0.1, 0.15) is 42.4 Å². The van der Waals surface area contributed by atoms with Crippen LogP contribution in [0.25, 0.3) is 0 Å². The van der Waals surface area contributed by atoms with Gasteiger partial charge in [-0.05, 0) is 60.7 Å². The predicted molar refractivity (Wildman–Crippen MR) is 166 cm³/mol. The third-order valence-electron chi connectivity index (χ3n) is 7.52. The molecule has 224 valence electrons. The Balaban J connectivity index is 1.75. The molecule has 1 fully saturated rings. The molecule has 1 N–H and O–H groups in total. The van der Waals surface area contributed by atoms with Gasteiger partial charge in [-0.15, -0.1) is 0 Å². The van der Waals surface area contributed by atoms with Gasteiger partial charge in [-0.25, -0.2) is 8.42 Å². The number of sulfonamides is 1. The SMILES string of the molecule is COc1ccc(C)cc1N(CC(=O)N(Cc1ccc(Cl)cc1)[C@H](Cc1ccccc1)C(=O)NC1CCCC1)S(C)(=O)=O. The van der Waals surface area contributed by atoms with E-state index in [0.29, 0.717) is 10.8 Å². The van der Waals surface area contributed by atoms with Crippen LogP contribution in [0.15, 0.2) is 72.8 Å². The molecule has 1 aliphatic rings. The maximum Gasteiger partial charge on any atom is 0.244 e. The highest BCUT2D eigenvalue weighted by Crippen LogP contribution is 2.31. The summed E-state index contributed by atoms with van der Waals surface area (Å²) in [6, 6.07) is 20.9. The van der Waals surface area contributed by atoms with E-state index in [1.165, 1.54) is 12.0 Å². The molecule has 8 nitrogen and oxygen atoms in total. The van der Waals surface area contributed by atoms with Gasteiger partial charge in [0.15, 0.2) is 0 Å². The number of hydrogen-bond acceptors (Lipinski definition) is 5. The molecule has 0 unspecified atom stereocenters. The highest BCUT2D eigenvalue weighted by atomic mass is 35.5. The average Bonchev–Trinajstić information content (AvgIpc) is 3.47. The summed E-state index contributed by atoms with van der Waals surface area (Å²) in [5.74, 6) is -0.448. The van der Waals surface area contributed by atoms with Crippen molar-refractivity contribution in [2.75, 3.05) is 24.2 Å². The van der Waals surface area contributed by atoms with Crippen molar-refractivity contribution in [2.24, 2.45) is 0 Å². The van der Waals surface area contributed by atoms with Gasteiger partial charge in [0.2, 0.25) is 21.8 Å². The van der Waals surface area contributed by atoms with Crippen molar-refractivity contribution in [1.29, 1.82) is 0 Å². The van der Waals surface area contributed by atoms with Crippen molar-refractivity contribution in [2.45, 2.75) is 57.7 Å². The van der Waals surface area contributed by atoms with Crippen LogP contribution in [0.4, 0.5) is 5.69 Å². The van der Waals surface area contributed by atoms with E-state index >= 15 is 0 Å². The minimum absolute atomic E-state index is 0.0485. The standard InChI is InChI=1S/C32H38ClN3O5S/c1-23-13-18-30(41-2)28(19-23)36(42(3,39)40)22-31(37)35(21-25-14-16-26(33)17-15-25)29(20-24-9-5-4-6-10-24)32(38)34-27-11-7-8-12-27/h4-6,9-10,13-19,27,29H,7-8,11-12,20-22H2,1-3H3,(H,34,38)/t29-/m1/s1. The average molecular weight is 612 g/mol. The normalized spacial score (nSPS) is 14.3. The maximum atomic E-state index is 14.3. The summed E-state index contributed by atoms with van der Waals surface area (Å²) in [4.78, 5) is 29.7. The zero-order valence-corrected chi connectivity index (χ0v) is 25.8. The molecule has 3 aromatic rings. The quantitative estimate of drug-likeness (QED) is 0.307. The van der Waals surface area contributed by atoms with Gasteiger partial charge in [0, 0.05) is 24.0 Å². The van der Waals surface area contributed by atoms with Gasteiger partial charge >= 0.3 is 0 Å². The van der Waals surface area contributed by atoms with E-state index in [1.807, 2.05) is 37.3 Å². The highest BCUT2D eigenvalue weighted by molar-refractivity contribution is 7.92. The molecule has 2 amide bonds. The largest absolute Gasteiger partial charge is 0.495 e. The number of carbonyl (C=O) groups is 2. The number of anilines is 1. The summed E-state index contributed by atoms with van der Waals surface area (Å²) < 4.78 is 32.7. The van der Waals surface area contributed by atoms with Crippen LogP contribution in [-0.2, 0) is 32.6 Å². The van der Waals surface area contributed by atoms with Gasteiger partial charge < -0.3 is 15.0 Å². The van der Waals surface area contributed by atoms with Gasteiger partial charge in [0.1, 0.15) is 18.3 Å². The van der Waals surface area contributed by atoms with E-state index in [-0.39, 0.29) is 30.6 Å². The van der Waals surface area contributed by atoms with Crippen molar-refractivity contribution >= 4 is 39.1 Å². The maximum absolute atomic E-state index is 14.3. The second-order valence-corrected chi connectivity index (χ2v) is 13.1. The van der Waals surface area contributed by atoms with Crippen molar-refractivity contribution in [1.82, 2.24) is 10.2 Å². The Labute approximate surface area is 253 Å². The number of methoxy groups -OCH3 is 1. The smallest absolute Gasteiger partial charge is 0.244 e. The molecule has 0 bridgehead atoms. The van der Waals surface area contributed by atoms with Gasteiger partial charge in [0.05, 0.1) is 19.1 Å². The summed E-state index contributed by atoms with van der Waals surface area (Å²) >= 11 is 6.12. The van der Waals surface area contributed by atoms with E-state index in [4.69, 9.17) is 16.3 Å². The number of hydrogen-bond donors (Lipinski definition) is 1. The Bertz CT molecular complexity index is 1480. The third-order valence-corrected chi connectivity index (χ3v) is 8.90. The van der Waals surface area contributed by atoms with E-state index in [0.717, 1.165) is 52.9 Å². The first-order chi connectivity index (χ1) is 20.0. The summed E-state index contributed by atoms with van der Waals surface area (Å²) in [5.41, 5.74) is 2.72. The minimum atomic E-state index is -3.91. The number of rotatable bonds is 12. The highest BCUT2D eigenvalue weighted by Gasteiger charge is 2.34. The molecule has 1 saturated carbocycles. The number of carbonyl (C=O) groups excluding carboxylic acids is 2. The molecular weight excluding hydrogens is 574 g/mol. The number of halogens is 1. The fourth-order valence-corrected chi connectivity index (χ4v) is 6.27. The van der Waals surface area contributed by atoms with Crippen molar-refractivity contribution in [3.63, 3.8) is 0 Å². The Kier molecular flexibility index (Phi) is 10.5. The first kappa shape index (κ1) is 31.4. The summed E-state index contributed by atoms with van der Waals surface area (Å²) in [7, 11) is -2.46. The Morgan fingerprint density at radius 3 is 2.29 bits per heavy atom. The first-order valence-corrected chi connectivity index (χ1v) is 16.3. The van der Waals surface area contributed by atoms with Gasteiger partial charge in [-0.2, -0.15) is 0 Å². The van der Waals surface area contributed by atoms with Crippen LogP contribution in [-0.4, -0.2) is 57.1 Å². The predicted octanol–water partition coefficient (Wildman–Crippen LogP) is 5.12. The minimum Gasteiger partial charge on any atom is -0.495 e. The fourth-order valence-electron chi connectivity index (χ4n) is 5.30. The lowest BCUT2D eigenvalue weighted by Gasteiger charge is -2.34. The molecular formula is C32H38ClN3O5S.